The molecule has 2 aromatic rings. The summed E-state index contributed by atoms with van der Waals surface area (Å²) in [4.78, 5) is 19.5. The van der Waals surface area contributed by atoms with Gasteiger partial charge in [0.2, 0.25) is 11.8 Å². The second-order valence-electron chi connectivity index (χ2n) is 6.91. The maximum absolute atomic E-state index is 13.1. The molecular formula is C17H22N4O3. The first-order valence-electron chi connectivity index (χ1n) is 8.63. The predicted molar refractivity (Wildman–Crippen MR) is 84.4 cm³/mol. The van der Waals surface area contributed by atoms with Crippen molar-refractivity contribution in [3.8, 4) is 0 Å². The Labute approximate surface area is 140 Å². The summed E-state index contributed by atoms with van der Waals surface area (Å²) < 4.78 is 10.6. The van der Waals surface area contributed by atoms with E-state index in [4.69, 9.17) is 9.05 Å². The number of carbonyl (C=O) groups excluding carboxylic acids is 1. The van der Waals surface area contributed by atoms with Gasteiger partial charge in [0.25, 0.3) is 0 Å². The minimum Gasteiger partial charge on any atom is -0.361 e. The molecule has 2 fully saturated rings. The van der Waals surface area contributed by atoms with Crippen LogP contribution in [0.2, 0.25) is 0 Å². The highest BCUT2D eigenvalue weighted by Gasteiger charge is 2.38. The van der Waals surface area contributed by atoms with Gasteiger partial charge in [0.15, 0.2) is 5.82 Å². The lowest BCUT2D eigenvalue weighted by atomic mass is 9.97. The summed E-state index contributed by atoms with van der Waals surface area (Å²) >= 11 is 0. The molecule has 1 aliphatic carbocycles. The van der Waals surface area contributed by atoms with Crippen molar-refractivity contribution in [3.05, 3.63) is 28.7 Å². The molecule has 3 heterocycles. The largest absolute Gasteiger partial charge is 0.361 e. The Balaban J connectivity index is 1.56. The molecule has 2 atom stereocenters. The van der Waals surface area contributed by atoms with Crippen LogP contribution in [0.15, 0.2) is 9.05 Å². The second-order valence-corrected chi connectivity index (χ2v) is 6.91. The lowest BCUT2D eigenvalue weighted by molar-refractivity contribution is -0.133. The zero-order valence-corrected chi connectivity index (χ0v) is 14.3. The van der Waals surface area contributed by atoms with Crippen molar-refractivity contribution in [3.63, 3.8) is 0 Å². The average molecular weight is 330 g/mol. The number of likely N-dealkylation sites (tertiary alicyclic amines) is 1. The van der Waals surface area contributed by atoms with Crippen molar-refractivity contribution in [2.45, 2.75) is 64.3 Å². The van der Waals surface area contributed by atoms with E-state index in [-0.39, 0.29) is 17.9 Å². The van der Waals surface area contributed by atoms with Crippen molar-refractivity contribution >= 4 is 5.91 Å². The molecule has 2 aliphatic rings. The van der Waals surface area contributed by atoms with Crippen LogP contribution in [0.1, 0.15) is 79.2 Å². The molecule has 1 saturated carbocycles. The van der Waals surface area contributed by atoms with Crippen molar-refractivity contribution < 1.29 is 13.8 Å². The maximum atomic E-state index is 13.1. The molecule has 0 spiro atoms. The number of aromatic nitrogens is 3. The molecule has 1 saturated heterocycles. The summed E-state index contributed by atoms with van der Waals surface area (Å²) in [6.45, 7) is 6.36. The zero-order valence-electron chi connectivity index (χ0n) is 14.3. The average Bonchev–Trinajstić information content (AvgIpc) is 2.99. The predicted octanol–water partition coefficient (Wildman–Crippen LogP) is 3.02. The Morgan fingerprint density at radius 2 is 2.00 bits per heavy atom. The standard InChI is InChI=1S/C17H22N4O3/c1-9(14-10(2)19-23-11(14)3)17(22)21-8-4-5-13(21)15-18-16(24-20-15)12-6-7-12/h9,12-13H,4-8H2,1-3H3/t9-,13-/m0/s1. The summed E-state index contributed by atoms with van der Waals surface area (Å²) in [6, 6.07) is -0.0864. The summed E-state index contributed by atoms with van der Waals surface area (Å²) in [7, 11) is 0. The number of aryl methyl sites for hydroxylation is 2. The number of nitrogens with zero attached hydrogens (tertiary/aromatic N) is 4. The van der Waals surface area contributed by atoms with E-state index in [2.05, 4.69) is 15.3 Å². The summed E-state index contributed by atoms with van der Waals surface area (Å²) in [5, 5.41) is 8.11. The molecule has 128 valence electrons. The van der Waals surface area contributed by atoms with Gasteiger partial charge in [-0.1, -0.05) is 10.3 Å². The first kappa shape index (κ1) is 15.4. The molecule has 0 N–H and O–H groups in total. The molecule has 7 nitrogen and oxygen atoms in total. The molecule has 2 aromatic heterocycles. The van der Waals surface area contributed by atoms with Crippen LogP contribution < -0.4 is 0 Å². The Morgan fingerprint density at radius 1 is 1.21 bits per heavy atom. The third-order valence-corrected chi connectivity index (χ3v) is 5.11. The van der Waals surface area contributed by atoms with Crippen LogP contribution in [-0.2, 0) is 4.79 Å². The molecule has 0 unspecified atom stereocenters. The van der Waals surface area contributed by atoms with Crippen molar-refractivity contribution in [2.75, 3.05) is 6.54 Å². The van der Waals surface area contributed by atoms with Crippen molar-refractivity contribution in [1.29, 1.82) is 0 Å². The Kier molecular flexibility index (Phi) is 3.66. The van der Waals surface area contributed by atoms with Gasteiger partial charge >= 0.3 is 0 Å². The summed E-state index contributed by atoms with van der Waals surface area (Å²) in [5.74, 6) is 2.30. The van der Waals surface area contributed by atoms with Crippen LogP contribution in [0, 0.1) is 13.8 Å². The van der Waals surface area contributed by atoms with Crippen molar-refractivity contribution in [2.24, 2.45) is 0 Å². The van der Waals surface area contributed by atoms with Gasteiger partial charge < -0.3 is 13.9 Å². The molecule has 4 rings (SSSR count). The van der Waals surface area contributed by atoms with Crippen LogP contribution >= 0.6 is 0 Å². The minimum atomic E-state index is -0.286. The molecule has 7 heteroatoms. The molecular weight excluding hydrogens is 308 g/mol. The smallest absolute Gasteiger partial charge is 0.230 e. The Bertz CT molecular complexity index is 742. The zero-order chi connectivity index (χ0) is 16.8. The maximum Gasteiger partial charge on any atom is 0.230 e. The van der Waals surface area contributed by atoms with Gasteiger partial charge in [0.05, 0.1) is 17.7 Å². The fourth-order valence-electron chi connectivity index (χ4n) is 3.66. The van der Waals surface area contributed by atoms with Crippen LogP contribution in [0.4, 0.5) is 0 Å². The van der Waals surface area contributed by atoms with Crippen LogP contribution in [0.25, 0.3) is 0 Å². The van der Waals surface area contributed by atoms with Crippen molar-refractivity contribution in [1.82, 2.24) is 20.2 Å². The van der Waals surface area contributed by atoms with Gasteiger partial charge in [0.1, 0.15) is 5.76 Å². The number of carbonyl (C=O) groups is 1. The number of rotatable bonds is 4. The van der Waals surface area contributed by atoms with E-state index in [1.165, 1.54) is 0 Å². The van der Waals surface area contributed by atoms with E-state index >= 15 is 0 Å². The second kappa shape index (κ2) is 5.72. The van der Waals surface area contributed by atoms with Gasteiger partial charge in [-0.05, 0) is 46.5 Å². The lowest BCUT2D eigenvalue weighted by Crippen LogP contribution is -2.34. The summed E-state index contributed by atoms with van der Waals surface area (Å²) in [6.07, 6.45) is 4.08. The van der Waals surface area contributed by atoms with E-state index in [0.717, 1.165) is 49.4 Å². The molecule has 0 bridgehead atoms. The van der Waals surface area contributed by atoms with E-state index in [1.807, 2.05) is 25.7 Å². The number of hydrogen-bond donors (Lipinski definition) is 0. The summed E-state index contributed by atoms with van der Waals surface area (Å²) in [5.41, 5.74) is 1.66. The highest BCUT2D eigenvalue weighted by atomic mass is 16.5. The third kappa shape index (κ3) is 2.52. The lowest BCUT2D eigenvalue weighted by Gasteiger charge is -2.25. The fraction of sp³-hybridized carbons (Fsp3) is 0.647. The van der Waals surface area contributed by atoms with E-state index in [0.29, 0.717) is 17.5 Å². The monoisotopic (exact) mass is 330 g/mol. The van der Waals surface area contributed by atoms with Crippen LogP contribution in [0.5, 0.6) is 0 Å². The van der Waals surface area contributed by atoms with Gasteiger partial charge in [-0.3, -0.25) is 4.79 Å². The van der Waals surface area contributed by atoms with E-state index in [9.17, 15) is 4.79 Å². The van der Waals surface area contributed by atoms with Crippen LogP contribution in [0.3, 0.4) is 0 Å². The molecule has 0 radical (unpaired) electrons. The first-order valence-corrected chi connectivity index (χ1v) is 8.63. The normalized spacial score (nSPS) is 22.1. The quantitative estimate of drug-likeness (QED) is 0.856. The van der Waals surface area contributed by atoms with Gasteiger partial charge in [0, 0.05) is 18.0 Å². The number of amides is 1. The minimum absolute atomic E-state index is 0.0738. The third-order valence-electron chi connectivity index (χ3n) is 5.11. The SMILES string of the molecule is Cc1noc(C)c1[C@H](C)C(=O)N1CCC[C@H]1c1noc(C2CC2)n1. The topological polar surface area (TPSA) is 85.3 Å². The molecule has 1 amide bonds. The Morgan fingerprint density at radius 3 is 2.67 bits per heavy atom. The molecule has 24 heavy (non-hydrogen) atoms. The molecule has 1 aliphatic heterocycles. The van der Waals surface area contributed by atoms with Gasteiger partial charge in [-0.25, -0.2) is 0 Å². The fourth-order valence-corrected chi connectivity index (χ4v) is 3.66. The Hall–Kier alpha value is -2.18. The number of hydrogen-bond acceptors (Lipinski definition) is 6. The van der Waals surface area contributed by atoms with E-state index < -0.39 is 0 Å². The van der Waals surface area contributed by atoms with Crippen LogP contribution in [-0.4, -0.2) is 32.6 Å². The molecule has 0 aromatic carbocycles. The highest BCUT2D eigenvalue weighted by molar-refractivity contribution is 5.84. The highest BCUT2D eigenvalue weighted by Crippen LogP contribution is 2.40. The first-order chi connectivity index (χ1) is 11.6. The van der Waals surface area contributed by atoms with Gasteiger partial charge in [-0.15, -0.1) is 0 Å². The van der Waals surface area contributed by atoms with E-state index in [1.54, 1.807) is 0 Å². The van der Waals surface area contributed by atoms with Gasteiger partial charge in [-0.2, -0.15) is 4.98 Å².